The summed E-state index contributed by atoms with van der Waals surface area (Å²) in [5.41, 5.74) is 4.79. The molecule has 0 aliphatic carbocycles. The minimum atomic E-state index is -0.231. The van der Waals surface area contributed by atoms with E-state index in [2.05, 4.69) is 4.98 Å². The number of aryl methyl sites for hydroxylation is 1. The number of phenolic OH excluding ortho intramolecular Hbond substituents is 1. The first kappa shape index (κ1) is 21.6. The van der Waals surface area contributed by atoms with Crippen molar-refractivity contribution in [1.29, 1.82) is 0 Å². The van der Waals surface area contributed by atoms with Gasteiger partial charge >= 0.3 is 0 Å². The summed E-state index contributed by atoms with van der Waals surface area (Å²) in [5, 5.41) is 11.4. The van der Waals surface area contributed by atoms with Crippen LogP contribution in [0.1, 0.15) is 27.2 Å². The Kier molecular flexibility index (Phi) is 5.76. The van der Waals surface area contributed by atoms with Gasteiger partial charge in [0.05, 0.1) is 5.56 Å². The van der Waals surface area contributed by atoms with E-state index in [9.17, 15) is 14.7 Å². The molecule has 0 bridgehead atoms. The van der Waals surface area contributed by atoms with Crippen LogP contribution in [-0.4, -0.2) is 59.4 Å². The Morgan fingerprint density at radius 2 is 1.94 bits per heavy atom. The van der Waals surface area contributed by atoms with Gasteiger partial charge < -0.3 is 24.8 Å². The van der Waals surface area contributed by atoms with Crippen LogP contribution in [-0.2, 0) is 17.9 Å². The Hall–Kier alpha value is -3.58. The molecule has 0 fully saturated rings. The van der Waals surface area contributed by atoms with Crippen molar-refractivity contribution in [2.24, 2.45) is 0 Å². The van der Waals surface area contributed by atoms with Crippen molar-refractivity contribution < 1.29 is 14.7 Å². The molecule has 1 aromatic heterocycles. The summed E-state index contributed by atoms with van der Waals surface area (Å²) < 4.78 is 0. The average Bonchev–Trinajstić information content (AvgIpc) is 3.33. The molecule has 0 radical (unpaired) electrons. The summed E-state index contributed by atoms with van der Waals surface area (Å²) in [6.45, 7) is 3.44. The number of fused-ring (bicyclic) bond motifs is 2. The number of nitrogens with one attached hydrogen (secondary N) is 1. The number of carbonyl (C=O) groups is 2. The van der Waals surface area contributed by atoms with Crippen molar-refractivity contribution in [2.45, 2.75) is 20.0 Å². The van der Waals surface area contributed by atoms with Crippen LogP contribution in [0.3, 0.4) is 0 Å². The number of phenols is 1. The van der Waals surface area contributed by atoms with Gasteiger partial charge in [-0.1, -0.05) is 18.2 Å². The van der Waals surface area contributed by atoms with E-state index in [1.165, 1.54) is 0 Å². The zero-order valence-electron chi connectivity index (χ0n) is 18.8. The molecular weight excluding hydrogens is 404 g/mol. The second-order valence-electron chi connectivity index (χ2n) is 8.55. The minimum Gasteiger partial charge on any atom is -0.507 e. The number of H-pyrrole nitrogens is 1. The van der Waals surface area contributed by atoms with Crippen molar-refractivity contribution in [3.05, 3.63) is 70.9 Å². The first-order valence-corrected chi connectivity index (χ1v) is 10.6. The summed E-state index contributed by atoms with van der Waals surface area (Å²) in [6, 6.07) is 11.1. The molecular formula is C25H28N4O3. The number of hydrogen-bond acceptors (Lipinski definition) is 4. The molecule has 7 heteroatoms. The molecule has 0 saturated heterocycles. The molecule has 2 aromatic carbocycles. The summed E-state index contributed by atoms with van der Waals surface area (Å²) in [6.07, 6.45) is 3.41. The average molecular weight is 433 g/mol. The molecule has 4 rings (SSSR count). The highest BCUT2D eigenvalue weighted by molar-refractivity contribution is 6.03. The lowest BCUT2D eigenvalue weighted by Gasteiger charge is -2.20. The van der Waals surface area contributed by atoms with Gasteiger partial charge in [-0.2, -0.15) is 0 Å². The van der Waals surface area contributed by atoms with E-state index < -0.39 is 0 Å². The lowest BCUT2D eigenvalue weighted by molar-refractivity contribution is -0.113. The second-order valence-corrected chi connectivity index (χ2v) is 8.55. The third-order valence-electron chi connectivity index (χ3n) is 5.77. The van der Waals surface area contributed by atoms with Crippen molar-refractivity contribution in [3.8, 4) is 5.75 Å². The maximum Gasteiger partial charge on any atom is 0.258 e. The van der Waals surface area contributed by atoms with E-state index in [4.69, 9.17) is 0 Å². The Bertz CT molecular complexity index is 1230. The fourth-order valence-electron chi connectivity index (χ4n) is 4.11. The van der Waals surface area contributed by atoms with E-state index in [1.807, 2.05) is 56.3 Å². The van der Waals surface area contributed by atoms with Crippen LogP contribution >= 0.6 is 0 Å². The van der Waals surface area contributed by atoms with E-state index in [0.29, 0.717) is 19.6 Å². The normalized spacial score (nSPS) is 13.3. The van der Waals surface area contributed by atoms with Gasteiger partial charge in [-0.3, -0.25) is 9.59 Å². The molecule has 32 heavy (non-hydrogen) atoms. The van der Waals surface area contributed by atoms with Crippen LogP contribution in [0, 0.1) is 6.92 Å². The molecule has 3 aromatic rings. The van der Waals surface area contributed by atoms with Crippen LogP contribution in [0.4, 0.5) is 5.69 Å². The molecule has 2 N–H and O–H groups in total. The number of aromatic amines is 1. The number of amides is 2. The first-order chi connectivity index (χ1) is 15.2. The number of hydrogen-bond donors (Lipinski definition) is 2. The van der Waals surface area contributed by atoms with Gasteiger partial charge in [0, 0.05) is 66.7 Å². The largest absolute Gasteiger partial charge is 0.507 e. The van der Waals surface area contributed by atoms with Crippen LogP contribution in [0.25, 0.3) is 10.9 Å². The molecule has 0 unspecified atom stereocenters. The molecule has 0 spiro atoms. The van der Waals surface area contributed by atoms with Gasteiger partial charge in [0.1, 0.15) is 5.75 Å². The fourth-order valence-corrected chi connectivity index (χ4v) is 4.11. The monoisotopic (exact) mass is 432 g/mol. The van der Waals surface area contributed by atoms with Gasteiger partial charge in [-0.15, -0.1) is 0 Å². The number of anilines is 1. The summed E-state index contributed by atoms with van der Waals surface area (Å²) in [4.78, 5) is 34.4. The van der Waals surface area contributed by atoms with Gasteiger partial charge in [-0.25, -0.2) is 0 Å². The highest BCUT2D eigenvalue weighted by atomic mass is 16.3. The van der Waals surface area contributed by atoms with E-state index in [1.54, 1.807) is 35.1 Å². The third kappa shape index (κ3) is 4.11. The number of likely N-dealkylation sites (N-methyl/N-ethyl adjacent to an activating group) is 2. The quantitative estimate of drug-likeness (QED) is 0.606. The molecule has 2 heterocycles. The molecule has 1 aliphatic heterocycles. The number of rotatable bonds is 5. The molecule has 2 amide bonds. The van der Waals surface area contributed by atoms with Gasteiger partial charge in [0.15, 0.2) is 0 Å². The fraction of sp³-hybridized carbons (Fsp3) is 0.280. The maximum absolute atomic E-state index is 13.3. The van der Waals surface area contributed by atoms with Crippen LogP contribution in [0.5, 0.6) is 5.75 Å². The van der Waals surface area contributed by atoms with Crippen molar-refractivity contribution in [1.82, 2.24) is 14.8 Å². The zero-order valence-corrected chi connectivity index (χ0v) is 18.8. The number of aromatic hydroxyl groups is 1. The lowest BCUT2D eigenvalue weighted by Crippen LogP contribution is -2.27. The number of benzene rings is 2. The Balaban J connectivity index is 1.57. The molecule has 7 nitrogen and oxygen atoms in total. The Morgan fingerprint density at radius 1 is 1.16 bits per heavy atom. The predicted octanol–water partition coefficient (Wildman–Crippen LogP) is 3.42. The van der Waals surface area contributed by atoms with Crippen LogP contribution in [0.15, 0.2) is 48.6 Å². The van der Waals surface area contributed by atoms with Gasteiger partial charge in [0.2, 0.25) is 5.91 Å². The number of nitrogens with zero attached hydrogens (tertiary/aromatic N) is 3. The molecule has 1 aliphatic rings. The number of carbonyl (C=O) groups excluding carboxylic acids is 2. The van der Waals surface area contributed by atoms with Crippen LogP contribution in [0.2, 0.25) is 0 Å². The van der Waals surface area contributed by atoms with Crippen molar-refractivity contribution in [3.63, 3.8) is 0 Å². The minimum absolute atomic E-state index is 0.0427. The van der Waals surface area contributed by atoms with Gasteiger partial charge in [0.25, 0.3) is 5.91 Å². The van der Waals surface area contributed by atoms with Crippen molar-refractivity contribution in [2.75, 3.05) is 32.6 Å². The highest BCUT2D eigenvalue weighted by Crippen LogP contribution is 2.34. The first-order valence-electron chi connectivity index (χ1n) is 10.6. The standard InChI is InChI=1S/C25H28N4O3/c1-16-11-18-12-19(23(30)13-21(18)26-16)25(32)29-14-17-7-5-8-22(20(17)15-29)28(4)24(31)9-6-10-27(2)3/h5-9,11-13,26,30H,10,14-15H2,1-4H3/b9-6+. The van der Waals surface area contributed by atoms with Crippen molar-refractivity contribution >= 4 is 28.4 Å². The number of aromatic nitrogens is 1. The second kappa shape index (κ2) is 8.51. The zero-order chi connectivity index (χ0) is 23.0. The molecule has 166 valence electrons. The van der Waals surface area contributed by atoms with E-state index >= 15 is 0 Å². The van der Waals surface area contributed by atoms with E-state index in [0.717, 1.165) is 33.4 Å². The third-order valence-corrected chi connectivity index (χ3v) is 5.77. The predicted molar refractivity (Wildman–Crippen MR) is 126 cm³/mol. The summed E-state index contributed by atoms with van der Waals surface area (Å²) in [5.74, 6) is -0.389. The van der Waals surface area contributed by atoms with E-state index in [-0.39, 0.29) is 23.1 Å². The lowest BCUT2D eigenvalue weighted by atomic mass is 10.1. The highest BCUT2D eigenvalue weighted by Gasteiger charge is 2.29. The smallest absolute Gasteiger partial charge is 0.258 e. The molecule has 0 saturated carbocycles. The van der Waals surface area contributed by atoms with Gasteiger partial charge in [-0.05, 0) is 44.8 Å². The topological polar surface area (TPSA) is 79.9 Å². The Labute approximate surface area is 187 Å². The maximum atomic E-state index is 13.3. The SMILES string of the molecule is Cc1cc2cc(C(=O)N3Cc4cccc(N(C)C(=O)/C=C/CN(C)C)c4C3)c(O)cc2[nH]1. The van der Waals surface area contributed by atoms with Crippen LogP contribution < -0.4 is 4.90 Å². The Morgan fingerprint density at radius 3 is 2.69 bits per heavy atom. The summed E-state index contributed by atoms with van der Waals surface area (Å²) in [7, 11) is 5.64. The molecule has 0 atom stereocenters. The summed E-state index contributed by atoms with van der Waals surface area (Å²) >= 11 is 0.